The second kappa shape index (κ2) is 16.3. The van der Waals surface area contributed by atoms with E-state index in [1.54, 1.807) is 13.0 Å². The first-order valence-corrected chi connectivity index (χ1v) is 18.1. The van der Waals surface area contributed by atoms with Crippen LogP contribution in [0, 0.1) is 5.82 Å². The first-order valence-electron chi connectivity index (χ1n) is 17.7. The van der Waals surface area contributed by atoms with Gasteiger partial charge in [0.05, 0.1) is 49.2 Å². The van der Waals surface area contributed by atoms with Gasteiger partial charge in [-0.1, -0.05) is 54.1 Å². The molecule has 0 bridgehead atoms. The minimum atomic E-state index is -4.89. The van der Waals surface area contributed by atoms with E-state index < -0.39 is 52.6 Å². The molecule has 9 nitrogen and oxygen atoms in total. The number of alkyl halides is 3. The maximum atomic E-state index is 15.3. The molecule has 1 atom stereocenters. The number of esters is 1. The van der Waals surface area contributed by atoms with Gasteiger partial charge in [0.25, 0.3) is 5.56 Å². The van der Waals surface area contributed by atoms with Crippen LogP contribution in [0.3, 0.4) is 0 Å². The van der Waals surface area contributed by atoms with Gasteiger partial charge in [-0.05, 0) is 81.5 Å². The third kappa shape index (κ3) is 8.53. The zero-order valence-corrected chi connectivity index (χ0v) is 29.9. The molecule has 2 heterocycles. The highest BCUT2D eigenvalue weighted by molar-refractivity contribution is 6.30. The second-order valence-electron chi connectivity index (χ2n) is 13.4. The predicted octanol–water partition coefficient (Wildman–Crippen LogP) is 7.32. The van der Waals surface area contributed by atoms with Crippen LogP contribution >= 0.6 is 11.6 Å². The summed E-state index contributed by atoms with van der Waals surface area (Å²) in [5.74, 6) is -1.47. The summed E-state index contributed by atoms with van der Waals surface area (Å²) in [5.41, 5.74) is -2.55. The molecule has 2 aliphatic rings. The Bertz CT molecular complexity index is 2040. The lowest BCUT2D eigenvalue weighted by Crippen LogP contribution is -2.48. The van der Waals surface area contributed by atoms with E-state index in [1.807, 2.05) is 48.5 Å². The van der Waals surface area contributed by atoms with Crippen molar-refractivity contribution in [2.45, 2.75) is 89.0 Å². The summed E-state index contributed by atoms with van der Waals surface area (Å²) in [4.78, 5) is 41.0. The van der Waals surface area contributed by atoms with E-state index in [1.165, 1.54) is 0 Å². The number of carbonyl (C=O) groups is 1. The molecule has 1 aromatic heterocycles. The van der Waals surface area contributed by atoms with E-state index in [4.69, 9.17) is 21.1 Å². The fourth-order valence-corrected chi connectivity index (χ4v) is 7.62. The van der Waals surface area contributed by atoms with Crippen molar-refractivity contribution < 1.29 is 31.8 Å². The van der Waals surface area contributed by atoms with Gasteiger partial charge >= 0.3 is 17.8 Å². The Kier molecular flexibility index (Phi) is 11.8. The van der Waals surface area contributed by atoms with Crippen molar-refractivity contribution in [1.82, 2.24) is 14.5 Å². The number of nitrogens with one attached hydrogen (secondary N) is 2. The SMILES string of the molecule is CCOC(=O)CCCN[C@@H](Cn1c(=O)c2c(n(Cc3c(F)cccc3C(F)(F)F)c1=O)COC21CCC(Nc2cccc(Cl)c2)CC1)c1ccccc1. The normalized spacial score (nSPS) is 18.9. The summed E-state index contributed by atoms with van der Waals surface area (Å²) in [6.45, 7) is 1.17. The fourth-order valence-electron chi connectivity index (χ4n) is 7.43. The summed E-state index contributed by atoms with van der Waals surface area (Å²) in [5, 5.41) is 7.40. The molecule has 14 heteroatoms. The average Bonchev–Trinajstić information content (AvgIpc) is 3.49. The molecule has 1 aliphatic carbocycles. The van der Waals surface area contributed by atoms with Gasteiger partial charge in [-0.25, -0.2) is 9.18 Å². The highest BCUT2D eigenvalue weighted by Gasteiger charge is 2.47. The number of halogens is 5. The summed E-state index contributed by atoms with van der Waals surface area (Å²) >= 11 is 6.18. The quantitative estimate of drug-likeness (QED) is 0.0838. The Balaban J connectivity index is 1.39. The number of aromatic nitrogens is 2. The Morgan fingerprint density at radius 3 is 2.47 bits per heavy atom. The molecular formula is C39H41ClF4N4O5. The molecule has 4 aromatic rings. The van der Waals surface area contributed by atoms with Crippen LogP contribution in [0.15, 0.2) is 82.4 Å². The van der Waals surface area contributed by atoms with Crippen LogP contribution in [0.1, 0.15) is 79.4 Å². The molecule has 6 rings (SSSR count). The lowest BCUT2D eigenvalue weighted by atomic mass is 9.78. The van der Waals surface area contributed by atoms with Crippen LogP contribution in [0.5, 0.6) is 0 Å². The minimum Gasteiger partial charge on any atom is -0.466 e. The lowest BCUT2D eigenvalue weighted by molar-refractivity contribution is -0.143. The summed E-state index contributed by atoms with van der Waals surface area (Å²) in [7, 11) is 0. The molecular weight excluding hydrogens is 716 g/mol. The molecule has 0 unspecified atom stereocenters. The van der Waals surface area contributed by atoms with Gasteiger partial charge in [0.15, 0.2) is 0 Å². The highest BCUT2D eigenvalue weighted by atomic mass is 35.5. The number of anilines is 1. The maximum absolute atomic E-state index is 15.3. The monoisotopic (exact) mass is 756 g/mol. The Labute approximate surface area is 308 Å². The van der Waals surface area contributed by atoms with Gasteiger partial charge in [-0.2, -0.15) is 13.2 Å². The zero-order valence-electron chi connectivity index (χ0n) is 29.2. The first kappa shape index (κ1) is 38.3. The van der Waals surface area contributed by atoms with Crippen molar-refractivity contribution in [3.63, 3.8) is 0 Å². The predicted molar refractivity (Wildman–Crippen MR) is 192 cm³/mol. The molecule has 1 saturated carbocycles. The standard InChI is InChI=1S/C39H41ClF4N4O5/c1-2-52-34(49)15-8-20-45-32(25-9-4-3-5-10-25)23-48-36(50)35-33(47(37(48)51)22-29-30(39(42,43)44)13-7-14-31(29)41)24-53-38(35)18-16-27(17-19-38)46-28-12-6-11-26(40)21-28/h3-7,9-14,21,27,32,45-46H,2,8,15-20,22-24H2,1H3/t27?,32-,38?/m0/s1. The van der Waals surface area contributed by atoms with E-state index in [2.05, 4.69) is 10.6 Å². The smallest absolute Gasteiger partial charge is 0.416 e. The van der Waals surface area contributed by atoms with Crippen molar-refractivity contribution >= 4 is 23.3 Å². The van der Waals surface area contributed by atoms with Crippen molar-refractivity contribution in [1.29, 1.82) is 0 Å². The van der Waals surface area contributed by atoms with E-state index in [0.29, 0.717) is 43.7 Å². The third-order valence-corrected chi connectivity index (χ3v) is 10.3. The number of hydrogen-bond donors (Lipinski definition) is 2. The van der Waals surface area contributed by atoms with Crippen LogP contribution < -0.4 is 21.9 Å². The number of hydrogen-bond acceptors (Lipinski definition) is 7. The van der Waals surface area contributed by atoms with Gasteiger partial charge in [0, 0.05) is 28.7 Å². The second-order valence-corrected chi connectivity index (χ2v) is 13.8. The van der Waals surface area contributed by atoms with Crippen molar-refractivity contribution in [3.8, 4) is 0 Å². The van der Waals surface area contributed by atoms with E-state index in [9.17, 15) is 27.6 Å². The highest BCUT2D eigenvalue weighted by Crippen LogP contribution is 2.46. The van der Waals surface area contributed by atoms with E-state index in [0.717, 1.165) is 38.6 Å². The van der Waals surface area contributed by atoms with E-state index >= 15 is 4.39 Å². The minimum absolute atomic E-state index is 0.0221. The molecule has 1 aliphatic heterocycles. The lowest BCUT2D eigenvalue weighted by Gasteiger charge is -2.37. The molecule has 1 spiro atoms. The maximum Gasteiger partial charge on any atom is 0.416 e. The zero-order chi connectivity index (χ0) is 37.8. The number of ether oxygens (including phenoxy) is 2. The summed E-state index contributed by atoms with van der Waals surface area (Å²) in [6, 6.07) is 18.5. The molecule has 1 fully saturated rings. The fraction of sp³-hybridized carbons (Fsp3) is 0.410. The molecule has 0 saturated heterocycles. The number of carbonyl (C=O) groups excluding carboxylic acids is 1. The average molecular weight is 757 g/mol. The molecule has 0 radical (unpaired) electrons. The molecule has 282 valence electrons. The Morgan fingerprint density at radius 2 is 1.77 bits per heavy atom. The van der Waals surface area contributed by atoms with Crippen LogP contribution in [0.4, 0.5) is 23.2 Å². The summed E-state index contributed by atoms with van der Waals surface area (Å²) < 4.78 is 71.3. The van der Waals surface area contributed by atoms with Crippen molar-refractivity contribution in [2.75, 3.05) is 18.5 Å². The largest absolute Gasteiger partial charge is 0.466 e. The first-order chi connectivity index (χ1) is 25.4. The number of fused-ring (bicyclic) bond motifs is 2. The third-order valence-electron chi connectivity index (χ3n) is 10.0. The molecule has 3 aromatic carbocycles. The Morgan fingerprint density at radius 1 is 1.04 bits per heavy atom. The number of nitrogens with zero attached hydrogens (tertiary/aromatic N) is 2. The van der Waals surface area contributed by atoms with Gasteiger partial charge in [0.2, 0.25) is 0 Å². The number of rotatable bonds is 13. The van der Waals surface area contributed by atoms with Crippen LogP contribution in [0.25, 0.3) is 0 Å². The van der Waals surface area contributed by atoms with E-state index in [-0.39, 0.29) is 49.4 Å². The van der Waals surface area contributed by atoms with Crippen LogP contribution in [0.2, 0.25) is 5.02 Å². The van der Waals surface area contributed by atoms with Crippen molar-refractivity contribution in [3.05, 3.63) is 132 Å². The molecule has 0 amide bonds. The van der Waals surface area contributed by atoms with Gasteiger partial charge in [-0.15, -0.1) is 0 Å². The number of benzene rings is 3. The molecule has 2 N–H and O–H groups in total. The van der Waals surface area contributed by atoms with Crippen LogP contribution in [-0.4, -0.2) is 34.3 Å². The van der Waals surface area contributed by atoms with Gasteiger partial charge in [-0.3, -0.25) is 18.7 Å². The topological polar surface area (TPSA) is 104 Å². The summed E-state index contributed by atoms with van der Waals surface area (Å²) in [6.07, 6.45) is -2.35. The Hall–Kier alpha value is -4.46. The van der Waals surface area contributed by atoms with Crippen molar-refractivity contribution in [2.24, 2.45) is 0 Å². The van der Waals surface area contributed by atoms with Gasteiger partial charge < -0.3 is 20.1 Å². The molecule has 53 heavy (non-hydrogen) atoms. The van der Waals surface area contributed by atoms with Crippen LogP contribution in [-0.2, 0) is 45.7 Å². The van der Waals surface area contributed by atoms with Gasteiger partial charge in [0.1, 0.15) is 11.4 Å².